The van der Waals surface area contributed by atoms with Crippen LogP contribution < -0.4 is 9.75 Å². The zero-order valence-electron chi connectivity index (χ0n) is 12.8. The molecule has 5 nitrogen and oxygen atoms in total. The van der Waals surface area contributed by atoms with E-state index in [0.717, 1.165) is 22.3 Å². The number of halogens is 1. The first-order chi connectivity index (χ1) is 11.2. The Kier molecular flexibility index (Phi) is 4.39. The molecule has 1 aromatic heterocycles. The lowest BCUT2D eigenvalue weighted by Gasteiger charge is -2.19. The second kappa shape index (κ2) is 6.62. The molecule has 6 heteroatoms. The number of ether oxygens (including phenoxy) is 1. The molecule has 3 aromatic rings. The van der Waals surface area contributed by atoms with Crippen LogP contribution >= 0.6 is 11.6 Å². The molecule has 0 amide bonds. The standard InChI is InChI=1S/C17H15ClN4O/c1-3-21-22(13-5-7-14(23-2)8-6-13)17-15-9-4-12(18)10-16(15)19-11-20-17/h3-11H,1-2H3. The van der Waals surface area contributed by atoms with Crippen molar-refractivity contribution in [2.45, 2.75) is 6.92 Å². The monoisotopic (exact) mass is 326 g/mol. The van der Waals surface area contributed by atoms with E-state index in [4.69, 9.17) is 16.3 Å². The van der Waals surface area contributed by atoms with Gasteiger partial charge in [-0.3, -0.25) is 0 Å². The summed E-state index contributed by atoms with van der Waals surface area (Å²) in [4.78, 5) is 8.67. The van der Waals surface area contributed by atoms with Crippen LogP contribution in [0.25, 0.3) is 10.9 Å². The first-order valence-electron chi connectivity index (χ1n) is 7.06. The molecule has 0 aliphatic heterocycles. The van der Waals surface area contributed by atoms with E-state index >= 15 is 0 Å². The van der Waals surface area contributed by atoms with E-state index in [9.17, 15) is 0 Å². The van der Waals surface area contributed by atoms with Gasteiger partial charge in [0.05, 0.1) is 18.3 Å². The molecule has 116 valence electrons. The molecule has 0 spiro atoms. The van der Waals surface area contributed by atoms with E-state index in [0.29, 0.717) is 10.8 Å². The summed E-state index contributed by atoms with van der Waals surface area (Å²) in [6, 6.07) is 13.1. The second-order valence-corrected chi connectivity index (χ2v) is 5.18. The molecule has 0 bridgehead atoms. The minimum Gasteiger partial charge on any atom is -0.497 e. The first-order valence-corrected chi connectivity index (χ1v) is 7.44. The number of nitrogens with zero attached hydrogens (tertiary/aromatic N) is 4. The first kappa shape index (κ1) is 15.2. The molecule has 0 saturated heterocycles. The lowest BCUT2D eigenvalue weighted by Crippen LogP contribution is -2.11. The Hall–Kier alpha value is -2.66. The van der Waals surface area contributed by atoms with Gasteiger partial charge in [0.25, 0.3) is 0 Å². The predicted molar refractivity (Wildman–Crippen MR) is 93.8 cm³/mol. The number of anilines is 2. The highest BCUT2D eigenvalue weighted by molar-refractivity contribution is 6.31. The van der Waals surface area contributed by atoms with E-state index in [-0.39, 0.29) is 0 Å². The highest BCUT2D eigenvalue weighted by atomic mass is 35.5. The van der Waals surface area contributed by atoms with Crippen LogP contribution in [0, 0.1) is 0 Å². The summed E-state index contributed by atoms with van der Waals surface area (Å²) in [5.41, 5.74) is 1.64. The smallest absolute Gasteiger partial charge is 0.165 e. The molecule has 0 unspecified atom stereocenters. The molecule has 0 N–H and O–H groups in total. The summed E-state index contributed by atoms with van der Waals surface area (Å²) in [5, 5.41) is 7.71. The SMILES string of the molecule is CC=NN(c1ccc(OC)cc1)c1ncnc2cc(Cl)ccc12. The van der Waals surface area contributed by atoms with Gasteiger partial charge in [0.15, 0.2) is 5.82 Å². The van der Waals surface area contributed by atoms with Crippen molar-refractivity contribution in [2.24, 2.45) is 5.10 Å². The fourth-order valence-electron chi connectivity index (χ4n) is 2.27. The third kappa shape index (κ3) is 3.10. The molecule has 0 atom stereocenters. The van der Waals surface area contributed by atoms with Crippen LogP contribution in [0.15, 0.2) is 53.9 Å². The summed E-state index contributed by atoms with van der Waals surface area (Å²) in [5.74, 6) is 1.48. The molecule has 0 aliphatic carbocycles. The van der Waals surface area contributed by atoms with Gasteiger partial charge in [-0.1, -0.05) is 11.6 Å². The third-order valence-corrected chi connectivity index (χ3v) is 3.56. The Balaban J connectivity index is 2.14. The van der Waals surface area contributed by atoms with Crippen molar-refractivity contribution >= 4 is 40.2 Å². The fourth-order valence-corrected chi connectivity index (χ4v) is 2.43. The molecule has 23 heavy (non-hydrogen) atoms. The topological polar surface area (TPSA) is 50.6 Å². The van der Waals surface area contributed by atoms with Gasteiger partial charge in [-0.2, -0.15) is 5.10 Å². The summed E-state index contributed by atoms with van der Waals surface area (Å²) < 4.78 is 5.20. The van der Waals surface area contributed by atoms with Crippen molar-refractivity contribution in [1.82, 2.24) is 9.97 Å². The third-order valence-electron chi connectivity index (χ3n) is 3.33. The maximum Gasteiger partial charge on any atom is 0.165 e. The van der Waals surface area contributed by atoms with Crippen LogP contribution in [0.5, 0.6) is 5.75 Å². The largest absolute Gasteiger partial charge is 0.497 e. The summed E-state index contributed by atoms with van der Waals surface area (Å²) in [6.07, 6.45) is 3.23. The highest BCUT2D eigenvalue weighted by Gasteiger charge is 2.14. The number of hydrazone groups is 1. The number of hydrogen-bond donors (Lipinski definition) is 0. The minimum absolute atomic E-state index is 0.636. The summed E-state index contributed by atoms with van der Waals surface area (Å²) >= 11 is 6.04. The number of aromatic nitrogens is 2. The van der Waals surface area contributed by atoms with Crippen molar-refractivity contribution in [3.63, 3.8) is 0 Å². The number of fused-ring (bicyclic) bond motifs is 1. The fraction of sp³-hybridized carbons (Fsp3) is 0.118. The quantitative estimate of drug-likeness (QED) is 0.525. The minimum atomic E-state index is 0.636. The van der Waals surface area contributed by atoms with Crippen LogP contribution in [0.2, 0.25) is 5.02 Å². The number of benzene rings is 2. The van der Waals surface area contributed by atoms with E-state index in [1.807, 2.05) is 49.4 Å². The summed E-state index contributed by atoms with van der Waals surface area (Å²) in [7, 11) is 1.64. The maximum absolute atomic E-state index is 6.04. The lowest BCUT2D eigenvalue weighted by molar-refractivity contribution is 0.415. The predicted octanol–water partition coefficient (Wildman–Crippen LogP) is 4.44. The van der Waals surface area contributed by atoms with Crippen molar-refractivity contribution in [3.05, 3.63) is 53.8 Å². The molecule has 0 fully saturated rings. The van der Waals surface area contributed by atoms with Crippen LogP contribution in [0.1, 0.15) is 6.92 Å². The Morgan fingerprint density at radius 3 is 2.61 bits per heavy atom. The molecule has 0 aliphatic rings. The van der Waals surface area contributed by atoms with Crippen molar-refractivity contribution in [1.29, 1.82) is 0 Å². The van der Waals surface area contributed by atoms with Gasteiger partial charge in [-0.15, -0.1) is 0 Å². The molecule has 1 heterocycles. The molecule has 0 saturated carbocycles. The summed E-state index contributed by atoms with van der Waals surface area (Å²) in [6.45, 7) is 1.86. The Morgan fingerprint density at radius 1 is 1.13 bits per heavy atom. The van der Waals surface area contributed by atoms with Gasteiger partial charge >= 0.3 is 0 Å². The lowest BCUT2D eigenvalue weighted by atomic mass is 10.2. The van der Waals surface area contributed by atoms with E-state index in [1.54, 1.807) is 18.3 Å². The maximum atomic E-state index is 6.04. The Morgan fingerprint density at radius 2 is 1.91 bits per heavy atom. The highest BCUT2D eigenvalue weighted by Crippen LogP contribution is 2.31. The van der Waals surface area contributed by atoms with Gasteiger partial charge in [-0.25, -0.2) is 15.0 Å². The zero-order valence-corrected chi connectivity index (χ0v) is 13.5. The van der Waals surface area contributed by atoms with E-state index in [1.165, 1.54) is 6.33 Å². The van der Waals surface area contributed by atoms with Gasteiger partial charge in [0.2, 0.25) is 0 Å². The molecular formula is C17H15ClN4O. The second-order valence-electron chi connectivity index (χ2n) is 4.74. The molecular weight excluding hydrogens is 312 g/mol. The number of rotatable bonds is 4. The average Bonchev–Trinajstić information content (AvgIpc) is 2.59. The zero-order chi connectivity index (χ0) is 16.2. The Bertz CT molecular complexity index is 849. The molecule has 2 aromatic carbocycles. The molecule has 0 radical (unpaired) electrons. The van der Waals surface area contributed by atoms with Gasteiger partial charge in [0, 0.05) is 16.6 Å². The van der Waals surface area contributed by atoms with E-state index < -0.39 is 0 Å². The van der Waals surface area contributed by atoms with Gasteiger partial charge in [-0.05, 0) is 49.4 Å². The van der Waals surface area contributed by atoms with Crippen LogP contribution in [0.4, 0.5) is 11.5 Å². The van der Waals surface area contributed by atoms with Crippen molar-refractivity contribution in [2.75, 3.05) is 12.1 Å². The number of hydrogen-bond acceptors (Lipinski definition) is 5. The normalized spacial score (nSPS) is 11.1. The average molecular weight is 327 g/mol. The van der Waals surface area contributed by atoms with Gasteiger partial charge < -0.3 is 4.74 Å². The van der Waals surface area contributed by atoms with Crippen molar-refractivity contribution in [3.8, 4) is 5.75 Å². The number of methoxy groups -OCH3 is 1. The van der Waals surface area contributed by atoms with Crippen LogP contribution in [-0.2, 0) is 0 Å². The van der Waals surface area contributed by atoms with E-state index in [2.05, 4.69) is 15.1 Å². The van der Waals surface area contributed by atoms with Gasteiger partial charge in [0.1, 0.15) is 12.1 Å². The van der Waals surface area contributed by atoms with Crippen molar-refractivity contribution < 1.29 is 4.74 Å². The van der Waals surface area contributed by atoms with Crippen LogP contribution in [0.3, 0.4) is 0 Å². The molecule has 3 rings (SSSR count). The van der Waals surface area contributed by atoms with Crippen LogP contribution in [-0.4, -0.2) is 23.3 Å². The Labute approximate surface area is 139 Å².